The number of phenols is 1. The molecule has 1 aromatic heterocycles. The van der Waals surface area contributed by atoms with Gasteiger partial charge in [0.25, 0.3) is 0 Å². The molecule has 0 saturated heterocycles. The van der Waals surface area contributed by atoms with E-state index in [2.05, 4.69) is 31.1 Å². The normalized spacial score (nSPS) is 11.7. The van der Waals surface area contributed by atoms with E-state index in [-0.39, 0.29) is 11.6 Å². The molecule has 0 aliphatic carbocycles. The number of aromatic nitrogens is 2. The first-order valence-corrected chi connectivity index (χ1v) is 7.91. The minimum atomic E-state index is -0.00131. The summed E-state index contributed by atoms with van der Waals surface area (Å²) in [6.45, 7) is 1.85. The Balaban J connectivity index is 2.35. The summed E-state index contributed by atoms with van der Waals surface area (Å²) in [5.41, 5.74) is 9.70. The maximum atomic E-state index is 9.53. The monoisotopic (exact) mass is 386 g/mol. The number of aromatic hydroxyl groups is 1. The Kier molecular flexibility index (Phi) is 4.26. The largest absolute Gasteiger partial charge is 0.508 e. The first kappa shape index (κ1) is 16.1. The Morgan fingerprint density at radius 2 is 1.96 bits per heavy atom. The standard InChI is InChI=1S/C17H15BrN4O2/c1-9-20-8-15(21-9)16-13(10-2-4-12(23)5-3-10)6-11(18)7-14(16)17(19)22-24/h2-8,23-24H,1H3,(H2,19,22)(H,20,21). The lowest BCUT2D eigenvalue weighted by molar-refractivity contribution is 0.318. The molecular formula is C17H15BrN4O2. The summed E-state index contributed by atoms with van der Waals surface area (Å²) in [7, 11) is 0. The van der Waals surface area contributed by atoms with Gasteiger partial charge in [0.1, 0.15) is 11.6 Å². The fraction of sp³-hybridized carbons (Fsp3) is 0.0588. The summed E-state index contributed by atoms with van der Waals surface area (Å²) in [6, 6.07) is 10.6. The SMILES string of the molecule is Cc1ncc(-c2c(C(N)=NO)cc(Br)cc2-c2ccc(O)cc2)[nH]1. The number of phenolic OH excluding ortho intramolecular Hbond substituents is 1. The van der Waals surface area contributed by atoms with Crippen molar-refractivity contribution in [1.82, 2.24) is 9.97 Å². The second kappa shape index (κ2) is 6.37. The van der Waals surface area contributed by atoms with Gasteiger partial charge in [0.15, 0.2) is 5.84 Å². The van der Waals surface area contributed by atoms with E-state index in [1.165, 1.54) is 0 Å². The molecule has 0 atom stereocenters. The molecule has 0 aliphatic heterocycles. The lowest BCUT2D eigenvalue weighted by atomic mass is 9.93. The van der Waals surface area contributed by atoms with Gasteiger partial charge < -0.3 is 21.0 Å². The molecule has 0 unspecified atom stereocenters. The Hall–Kier alpha value is -2.80. The second-order valence-corrected chi connectivity index (χ2v) is 6.21. The summed E-state index contributed by atoms with van der Waals surface area (Å²) in [5.74, 6) is 0.943. The molecule has 0 amide bonds. The minimum Gasteiger partial charge on any atom is -0.508 e. The maximum absolute atomic E-state index is 9.53. The highest BCUT2D eigenvalue weighted by atomic mass is 79.9. The first-order valence-electron chi connectivity index (χ1n) is 7.12. The summed E-state index contributed by atoms with van der Waals surface area (Å²) >= 11 is 3.47. The number of H-pyrrole nitrogens is 1. The molecule has 0 aliphatic rings. The molecule has 7 heteroatoms. The van der Waals surface area contributed by atoms with E-state index in [1.807, 2.05) is 13.0 Å². The van der Waals surface area contributed by atoms with Crippen LogP contribution < -0.4 is 5.73 Å². The Morgan fingerprint density at radius 1 is 1.25 bits per heavy atom. The van der Waals surface area contributed by atoms with Gasteiger partial charge in [0.2, 0.25) is 0 Å². The van der Waals surface area contributed by atoms with Crippen LogP contribution >= 0.6 is 15.9 Å². The molecule has 0 spiro atoms. The van der Waals surface area contributed by atoms with Crippen molar-refractivity contribution in [2.24, 2.45) is 10.9 Å². The van der Waals surface area contributed by atoms with Gasteiger partial charge in [-0.15, -0.1) is 0 Å². The number of aromatic amines is 1. The van der Waals surface area contributed by atoms with E-state index in [9.17, 15) is 5.11 Å². The van der Waals surface area contributed by atoms with Crippen LogP contribution in [-0.4, -0.2) is 26.1 Å². The zero-order valence-electron chi connectivity index (χ0n) is 12.8. The molecule has 2 aromatic carbocycles. The molecule has 0 fully saturated rings. The van der Waals surface area contributed by atoms with Gasteiger partial charge in [0, 0.05) is 15.6 Å². The third kappa shape index (κ3) is 2.98. The minimum absolute atomic E-state index is 0.00131. The van der Waals surface area contributed by atoms with E-state index in [1.54, 1.807) is 36.5 Å². The van der Waals surface area contributed by atoms with E-state index < -0.39 is 0 Å². The van der Waals surface area contributed by atoms with E-state index in [0.717, 1.165) is 32.7 Å². The number of aryl methyl sites for hydroxylation is 1. The predicted octanol–water partition coefficient (Wildman–Crippen LogP) is 3.61. The molecule has 6 nitrogen and oxygen atoms in total. The van der Waals surface area contributed by atoms with Crippen LogP contribution in [0.2, 0.25) is 0 Å². The number of nitrogens with one attached hydrogen (secondary N) is 1. The number of imidazole rings is 1. The lowest BCUT2D eigenvalue weighted by Crippen LogP contribution is -2.15. The van der Waals surface area contributed by atoms with Crippen LogP contribution in [0.25, 0.3) is 22.4 Å². The van der Waals surface area contributed by atoms with Crippen LogP contribution in [0.5, 0.6) is 5.75 Å². The average molecular weight is 387 g/mol. The third-order valence-electron chi connectivity index (χ3n) is 3.64. The Morgan fingerprint density at radius 3 is 2.54 bits per heavy atom. The van der Waals surface area contributed by atoms with Crippen molar-refractivity contribution in [2.75, 3.05) is 0 Å². The number of oxime groups is 1. The number of nitrogens with zero attached hydrogens (tertiary/aromatic N) is 2. The summed E-state index contributed by atoms with van der Waals surface area (Å²) < 4.78 is 0.784. The predicted molar refractivity (Wildman–Crippen MR) is 96.1 cm³/mol. The zero-order chi connectivity index (χ0) is 17.3. The van der Waals surface area contributed by atoms with Gasteiger partial charge in [-0.1, -0.05) is 33.2 Å². The number of nitrogens with two attached hydrogens (primary N) is 1. The van der Waals surface area contributed by atoms with Crippen LogP contribution in [-0.2, 0) is 0 Å². The van der Waals surface area contributed by atoms with Crippen LogP contribution in [0.4, 0.5) is 0 Å². The molecule has 0 bridgehead atoms. The van der Waals surface area contributed by atoms with Crippen molar-refractivity contribution >= 4 is 21.8 Å². The van der Waals surface area contributed by atoms with Gasteiger partial charge in [-0.2, -0.15) is 0 Å². The van der Waals surface area contributed by atoms with Crippen molar-refractivity contribution in [3.05, 3.63) is 58.5 Å². The first-order chi connectivity index (χ1) is 11.5. The fourth-order valence-corrected chi connectivity index (χ4v) is 3.03. The highest BCUT2D eigenvalue weighted by molar-refractivity contribution is 9.10. The van der Waals surface area contributed by atoms with Crippen molar-refractivity contribution in [3.8, 4) is 28.1 Å². The number of rotatable bonds is 3. The van der Waals surface area contributed by atoms with Crippen LogP contribution in [0.1, 0.15) is 11.4 Å². The van der Waals surface area contributed by atoms with Gasteiger partial charge in [0.05, 0.1) is 11.9 Å². The summed E-state index contributed by atoms with van der Waals surface area (Å²) in [4.78, 5) is 7.42. The lowest BCUT2D eigenvalue weighted by Gasteiger charge is -2.14. The third-order valence-corrected chi connectivity index (χ3v) is 4.10. The van der Waals surface area contributed by atoms with E-state index in [4.69, 9.17) is 10.9 Å². The molecule has 0 saturated carbocycles. The quantitative estimate of drug-likeness (QED) is 0.238. The van der Waals surface area contributed by atoms with Crippen molar-refractivity contribution in [1.29, 1.82) is 0 Å². The van der Waals surface area contributed by atoms with Crippen LogP contribution in [0.15, 0.2) is 52.2 Å². The zero-order valence-corrected chi connectivity index (χ0v) is 14.4. The Bertz CT molecular complexity index is 917. The molecule has 1 heterocycles. The Labute approximate surface area is 146 Å². The molecule has 122 valence electrons. The maximum Gasteiger partial charge on any atom is 0.170 e. The summed E-state index contributed by atoms with van der Waals surface area (Å²) in [5, 5.41) is 21.8. The number of hydrogen-bond acceptors (Lipinski definition) is 4. The van der Waals surface area contributed by atoms with Crippen molar-refractivity contribution in [3.63, 3.8) is 0 Å². The smallest absolute Gasteiger partial charge is 0.170 e. The topological polar surface area (TPSA) is 108 Å². The van der Waals surface area contributed by atoms with Gasteiger partial charge in [-0.25, -0.2) is 4.98 Å². The molecule has 5 N–H and O–H groups in total. The molecule has 0 radical (unpaired) electrons. The highest BCUT2D eigenvalue weighted by Crippen LogP contribution is 2.37. The molecular weight excluding hydrogens is 372 g/mol. The second-order valence-electron chi connectivity index (χ2n) is 5.29. The summed E-state index contributed by atoms with van der Waals surface area (Å²) in [6.07, 6.45) is 1.70. The van der Waals surface area contributed by atoms with Crippen LogP contribution in [0, 0.1) is 6.92 Å². The van der Waals surface area contributed by atoms with Gasteiger partial charge in [-0.05, 0) is 42.3 Å². The number of hydrogen-bond donors (Lipinski definition) is 4. The fourth-order valence-electron chi connectivity index (χ4n) is 2.57. The van der Waals surface area contributed by atoms with E-state index >= 15 is 0 Å². The highest BCUT2D eigenvalue weighted by Gasteiger charge is 2.18. The van der Waals surface area contributed by atoms with Crippen LogP contribution in [0.3, 0.4) is 0 Å². The van der Waals surface area contributed by atoms with Crippen molar-refractivity contribution < 1.29 is 10.3 Å². The molecule has 3 rings (SSSR count). The van der Waals surface area contributed by atoms with Crippen molar-refractivity contribution in [2.45, 2.75) is 6.92 Å². The van der Waals surface area contributed by atoms with Gasteiger partial charge >= 0.3 is 0 Å². The average Bonchev–Trinajstić information content (AvgIpc) is 3.00. The molecule has 3 aromatic rings. The number of benzene rings is 2. The molecule has 24 heavy (non-hydrogen) atoms. The van der Waals surface area contributed by atoms with E-state index in [0.29, 0.717) is 5.56 Å². The number of amidine groups is 1. The van der Waals surface area contributed by atoms with Gasteiger partial charge in [-0.3, -0.25) is 0 Å². The number of halogens is 1.